The van der Waals surface area contributed by atoms with Crippen LogP contribution < -0.4 is 5.49 Å². The molecule has 0 aromatic carbocycles. The van der Waals surface area contributed by atoms with Crippen molar-refractivity contribution in [1.29, 1.82) is 0 Å². The third-order valence-corrected chi connectivity index (χ3v) is 1.19. The number of hydrogen-bond donors (Lipinski definition) is 0. The van der Waals surface area contributed by atoms with Crippen molar-refractivity contribution in [1.82, 2.24) is 9.55 Å². The fourth-order valence-electron chi connectivity index (χ4n) is 0.711. The first kappa shape index (κ1) is 7.47. The first-order valence-corrected chi connectivity index (χ1v) is 3.18. The monoisotopic (exact) mass is 147 g/mol. The standard InChI is InChI=1S/C8H9N3/c1-3-10-8-7-9-5-6-11(8)4-2/h3-7H,1-2H2/b10-8-. The normalized spacial score (nSPS) is 11.1. The van der Waals surface area contributed by atoms with Crippen LogP contribution in [0.5, 0.6) is 0 Å². The van der Waals surface area contributed by atoms with Gasteiger partial charge in [-0.1, -0.05) is 13.2 Å². The van der Waals surface area contributed by atoms with E-state index in [9.17, 15) is 0 Å². The first-order chi connectivity index (χ1) is 5.38. The van der Waals surface area contributed by atoms with Crippen molar-refractivity contribution >= 4 is 6.20 Å². The van der Waals surface area contributed by atoms with Gasteiger partial charge >= 0.3 is 0 Å². The van der Waals surface area contributed by atoms with Crippen molar-refractivity contribution < 1.29 is 0 Å². The maximum atomic E-state index is 3.97. The zero-order valence-corrected chi connectivity index (χ0v) is 6.14. The molecule has 0 bridgehead atoms. The maximum Gasteiger partial charge on any atom is 0.155 e. The summed E-state index contributed by atoms with van der Waals surface area (Å²) in [5.41, 5.74) is 0.720. The Kier molecular flexibility index (Phi) is 2.38. The molecule has 0 saturated carbocycles. The molecule has 1 rings (SSSR count). The van der Waals surface area contributed by atoms with E-state index in [1.807, 2.05) is 0 Å². The Hall–Kier alpha value is -1.64. The number of aromatic nitrogens is 2. The predicted molar refractivity (Wildman–Crippen MR) is 44.4 cm³/mol. The van der Waals surface area contributed by atoms with Gasteiger partial charge in [-0.25, -0.2) is 4.99 Å². The molecule has 0 unspecified atom stereocenters. The van der Waals surface area contributed by atoms with Crippen LogP contribution in [0.15, 0.2) is 42.9 Å². The Morgan fingerprint density at radius 3 is 3.00 bits per heavy atom. The molecule has 11 heavy (non-hydrogen) atoms. The minimum absolute atomic E-state index is 0.720. The summed E-state index contributed by atoms with van der Waals surface area (Å²) in [6.45, 7) is 7.10. The quantitative estimate of drug-likeness (QED) is 0.614. The molecular weight excluding hydrogens is 138 g/mol. The van der Waals surface area contributed by atoms with E-state index < -0.39 is 0 Å². The molecular formula is C8H9N3. The Morgan fingerprint density at radius 1 is 1.55 bits per heavy atom. The molecule has 0 amide bonds. The van der Waals surface area contributed by atoms with Crippen LogP contribution in [0.1, 0.15) is 0 Å². The maximum absolute atomic E-state index is 3.97. The Morgan fingerprint density at radius 2 is 2.36 bits per heavy atom. The van der Waals surface area contributed by atoms with Crippen LogP contribution in [0.3, 0.4) is 0 Å². The summed E-state index contributed by atoms with van der Waals surface area (Å²) in [5.74, 6) is 0. The molecule has 0 saturated heterocycles. The van der Waals surface area contributed by atoms with E-state index in [1.54, 1.807) is 29.4 Å². The molecule has 0 spiro atoms. The molecule has 0 fully saturated rings. The van der Waals surface area contributed by atoms with Gasteiger partial charge in [0, 0.05) is 24.8 Å². The third kappa shape index (κ3) is 1.64. The molecule has 1 aromatic heterocycles. The van der Waals surface area contributed by atoms with Crippen molar-refractivity contribution in [3.05, 3.63) is 43.4 Å². The summed E-state index contributed by atoms with van der Waals surface area (Å²) in [6.07, 6.45) is 8.21. The predicted octanol–water partition coefficient (Wildman–Crippen LogP) is 1.03. The van der Waals surface area contributed by atoms with E-state index in [0.717, 1.165) is 5.49 Å². The van der Waals surface area contributed by atoms with Gasteiger partial charge in [-0.3, -0.25) is 4.98 Å². The smallest absolute Gasteiger partial charge is 0.155 e. The van der Waals surface area contributed by atoms with Gasteiger partial charge < -0.3 is 4.57 Å². The molecule has 0 atom stereocenters. The van der Waals surface area contributed by atoms with Crippen LogP contribution in [0.4, 0.5) is 0 Å². The van der Waals surface area contributed by atoms with Gasteiger partial charge in [0.2, 0.25) is 0 Å². The molecule has 0 radical (unpaired) electrons. The van der Waals surface area contributed by atoms with Gasteiger partial charge in [-0.15, -0.1) is 0 Å². The lowest BCUT2D eigenvalue weighted by atomic mass is 10.6. The van der Waals surface area contributed by atoms with Gasteiger partial charge in [0.25, 0.3) is 0 Å². The topological polar surface area (TPSA) is 30.2 Å². The van der Waals surface area contributed by atoms with Crippen LogP contribution >= 0.6 is 0 Å². The van der Waals surface area contributed by atoms with E-state index in [4.69, 9.17) is 0 Å². The first-order valence-electron chi connectivity index (χ1n) is 3.18. The minimum Gasteiger partial charge on any atom is -0.306 e. The van der Waals surface area contributed by atoms with Crippen molar-refractivity contribution in [3.8, 4) is 0 Å². The van der Waals surface area contributed by atoms with E-state index in [-0.39, 0.29) is 0 Å². The van der Waals surface area contributed by atoms with Crippen LogP contribution in [-0.4, -0.2) is 9.55 Å². The number of nitrogens with zero attached hydrogens (tertiary/aromatic N) is 3. The Bertz CT molecular complexity index is 322. The van der Waals surface area contributed by atoms with Crippen LogP contribution in [-0.2, 0) is 0 Å². The van der Waals surface area contributed by atoms with E-state index >= 15 is 0 Å². The third-order valence-electron chi connectivity index (χ3n) is 1.19. The van der Waals surface area contributed by atoms with Gasteiger partial charge in [-0.05, 0) is 0 Å². The molecule has 0 N–H and O–H groups in total. The Labute approximate surface area is 65.1 Å². The lowest BCUT2D eigenvalue weighted by molar-refractivity contribution is 0.968. The van der Waals surface area contributed by atoms with Crippen molar-refractivity contribution in [2.24, 2.45) is 4.99 Å². The second-order valence-corrected chi connectivity index (χ2v) is 1.84. The minimum atomic E-state index is 0.720. The van der Waals surface area contributed by atoms with Gasteiger partial charge in [-0.2, -0.15) is 0 Å². The zero-order chi connectivity index (χ0) is 8.10. The zero-order valence-electron chi connectivity index (χ0n) is 6.14. The molecule has 3 heteroatoms. The van der Waals surface area contributed by atoms with E-state index in [1.165, 1.54) is 6.20 Å². The van der Waals surface area contributed by atoms with Crippen LogP contribution in [0.2, 0.25) is 0 Å². The van der Waals surface area contributed by atoms with Crippen LogP contribution in [0, 0.1) is 0 Å². The van der Waals surface area contributed by atoms with Crippen molar-refractivity contribution in [3.63, 3.8) is 0 Å². The summed E-state index contributed by atoms with van der Waals surface area (Å²) in [4.78, 5) is 7.87. The summed E-state index contributed by atoms with van der Waals surface area (Å²) >= 11 is 0. The SMILES string of the molecule is C=C/N=c1/cnccn1C=C. The van der Waals surface area contributed by atoms with E-state index in [2.05, 4.69) is 23.1 Å². The second-order valence-electron chi connectivity index (χ2n) is 1.84. The Balaban J connectivity index is 3.34. The largest absolute Gasteiger partial charge is 0.306 e. The average molecular weight is 147 g/mol. The molecule has 56 valence electrons. The lowest BCUT2D eigenvalue weighted by Crippen LogP contribution is -2.14. The van der Waals surface area contributed by atoms with Gasteiger partial charge in [0.1, 0.15) is 0 Å². The summed E-state index contributed by atoms with van der Waals surface area (Å²) in [5, 5.41) is 0. The highest BCUT2D eigenvalue weighted by atomic mass is 15.0. The molecule has 3 nitrogen and oxygen atoms in total. The summed E-state index contributed by atoms with van der Waals surface area (Å²) in [6, 6.07) is 0. The summed E-state index contributed by atoms with van der Waals surface area (Å²) < 4.78 is 1.76. The van der Waals surface area contributed by atoms with E-state index in [0.29, 0.717) is 0 Å². The van der Waals surface area contributed by atoms with Gasteiger partial charge in [0.15, 0.2) is 5.49 Å². The molecule has 1 heterocycles. The van der Waals surface area contributed by atoms with Crippen molar-refractivity contribution in [2.45, 2.75) is 0 Å². The number of hydrogen-bond acceptors (Lipinski definition) is 2. The van der Waals surface area contributed by atoms with Crippen molar-refractivity contribution in [2.75, 3.05) is 0 Å². The highest BCUT2D eigenvalue weighted by Gasteiger charge is 1.82. The van der Waals surface area contributed by atoms with Gasteiger partial charge in [0.05, 0.1) is 6.20 Å². The number of rotatable bonds is 2. The highest BCUT2D eigenvalue weighted by molar-refractivity contribution is 5.14. The lowest BCUT2D eigenvalue weighted by Gasteiger charge is -1.95. The molecule has 0 aliphatic carbocycles. The molecule has 0 aliphatic rings. The second kappa shape index (κ2) is 3.51. The molecule has 1 aromatic rings. The molecule has 0 aliphatic heterocycles. The fraction of sp³-hybridized carbons (Fsp3) is 0. The van der Waals surface area contributed by atoms with Crippen LogP contribution in [0.25, 0.3) is 6.20 Å². The average Bonchev–Trinajstić information content (AvgIpc) is 2.06. The highest BCUT2D eigenvalue weighted by Crippen LogP contribution is 1.77. The fourth-order valence-corrected chi connectivity index (χ4v) is 0.711. The summed E-state index contributed by atoms with van der Waals surface area (Å²) in [7, 11) is 0.